The lowest BCUT2D eigenvalue weighted by molar-refractivity contribution is 0.1000. The van der Waals surface area contributed by atoms with Gasteiger partial charge in [0.25, 0.3) is 0 Å². The number of nitrogens with zero attached hydrogens (tertiary/aromatic N) is 1. The van der Waals surface area contributed by atoms with Gasteiger partial charge in [0.1, 0.15) is 0 Å². The van der Waals surface area contributed by atoms with E-state index in [4.69, 9.17) is 0 Å². The van der Waals surface area contributed by atoms with Crippen molar-refractivity contribution in [1.29, 1.82) is 0 Å². The van der Waals surface area contributed by atoms with Crippen LogP contribution >= 0.6 is 0 Å². The van der Waals surface area contributed by atoms with Gasteiger partial charge in [0.05, 0.1) is 6.10 Å². The van der Waals surface area contributed by atoms with Crippen molar-refractivity contribution in [3.63, 3.8) is 0 Å². The number of piperidine rings is 1. The van der Waals surface area contributed by atoms with Crippen LogP contribution in [0.3, 0.4) is 0 Å². The average Bonchev–Trinajstić information content (AvgIpc) is 2.49. The number of likely N-dealkylation sites (tertiary alicyclic amines) is 1. The summed E-state index contributed by atoms with van der Waals surface area (Å²) in [4.78, 5) is 2.38. The highest BCUT2D eigenvalue weighted by molar-refractivity contribution is 5.52. The summed E-state index contributed by atoms with van der Waals surface area (Å²) >= 11 is 0. The first kappa shape index (κ1) is 17.2. The Labute approximate surface area is 135 Å². The summed E-state index contributed by atoms with van der Waals surface area (Å²) in [6.45, 7) is 9.18. The molecule has 0 amide bonds. The molecule has 2 rings (SSSR count). The zero-order valence-electron chi connectivity index (χ0n) is 14.0. The van der Waals surface area contributed by atoms with E-state index in [-0.39, 0.29) is 6.10 Å². The molecule has 1 saturated heterocycles. The first-order valence-electron chi connectivity index (χ1n) is 8.47. The Morgan fingerprint density at radius 3 is 2.64 bits per heavy atom. The summed E-state index contributed by atoms with van der Waals surface area (Å²) in [5.74, 6) is 0.773. The standard InChI is InChI=1S/C19H30N2O/c1-16(12-18-6-4-3-5-7-18)13-20-14-19-8-10-21(11-9-19)15-17(2)22/h3-7,12,17,19-20,22H,8-11,13-15H2,1-2H3/b16-12-/t17-/m0/s1. The van der Waals surface area contributed by atoms with Gasteiger partial charge >= 0.3 is 0 Å². The normalized spacial score (nSPS) is 19.3. The van der Waals surface area contributed by atoms with Gasteiger partial charge in [0, 0.05) is 13.1 Å². The van der Waals surface area contributed by atoms with Crippen LogP contribution in [-0.4, -0.2) is 48.8 Å². The van der Waals surface area contributed by atoms with E-state index in [0.717, 1.165) is 38.6 Å². The summed E-state index contributed by atoms with van der Waals surface area (Å²) in [5, 5.41) is 13.0. The highest BCUT2D eigenvalue weighted by atomic mass is 16.3. The molecule has 1 aromatic carbocycles. The minimum atomic E-state index is -0.208. The van der Waals surface area contributed by atoms with E-state index >= 15 is 0 Å². The highest BCUT2D eigenvalue weighted by Gasteiger charge is 2.19. The van der Waals surface area contributed by atoms with Crippen LogP contribution in [0.15, 0.2) is 35.9 Å². The van der Waals surface area contributed by atoms with E-state index in [1.54, 1.807) is 0 Å². The molecule has 0 bridgehead atoms. The third-order valence-electron chi connectivity index (χ3n) is 4.28. The fourth-order valence-electron chi connectivity index (χ4n) is 3.11. The molecule has 1 aliphatic heterocycles. The molecule has 1 heterocycles. The number of nitrogens with one attached hydrogen (secondary N) is 1. The van der Waals surface area contributed by atoms with E-state index in [9.17, 15) is 5.11 Å². The second kappa shape index (κ2) is 9.09. The van der Waals surface area contributed by atoms with Gasteiger partial charge in [-0.15, -0.1) is 0 Å². The molecule has 1 aromatic rings. The van der Waals surface area contributed by atoms with Crippen LogP contribution in [0.1, 0.15) is 32.3 Å². The van der Waals surface area contributed by atoms with Crippen LogP contribution in [0, 0.1) is 5.92 Å². The highest BCUT2D eigenvalue weighted by Crippen LogP contribution is 2.16. The third-order valence-corrected chi connectivity index (χ3v) is 4.28. The molecule has 0 radical (unpaired) electrons. The smallest absolute Gasteiger partial charge is 0.0639 e. The van der Waals surface area contributed by atoms with Gasteiger partial charge in [-0.1, -0.05) is 42.0 Å². The number of aliphatic hydroxyl groups excluding tert-OH is 1. The van der Waals surface area contributed by atoms with Crippen molar-refractivity contribution < 1.29 is 5.11 Å². The van der Waals surface area contributed by atoms with Crippen molar-refractivity contribution >= 4 is 6.08 Å². The maximum Gasteiger partial charge on any atom is 0.0639 e. The van der Waals surface area contributed by atoms with Crippen molar-refractivity contribution in [1.82, 2.24) is 10.2 Å². The third kappa shape index (κ3) is 6.30. The molecule has 2 N–H and O–H groups in total. The van der Waals surface area contributed by atoms with Crippen molar-refractivity contribution in [3.05, 3.63) is 41.5 Å². The van der Waals surface area contributed by atoms with Gasteiger partial charge in [-0.2, -0.15) is 0 Å². The number of aliphatic hydroxyl groups is 1. The van der Waals surface area contributed by atoms with Crippen LogP contribution in [0.4, 0.5) is 0 Å². The number of hydrogen-bond acceptors (Lipinski definition) is 3. The van der Waals surface area contributed by atoms with Crippen LogP contribution < -0.4 is 5.32 Å². The van der Waals surface area contributed by atoms with Crippen LogP contribution in [0.5, 0.6) is 0 Å². The number of hydrogen-bond donors (Lipinski definition) is 2. The van der Waals surface area contributed by atoms with Crippen LogP contribution in [0.25, 0.3) is 6.08 Å². The molecule has 0 saturated carbocycles. The van der Waals surface area contributed by atoms with Crippen molar-refractivity contribution in [2.24, 2.45) is 5.92 Å². The Kier molecular flexibility index (Phi) is 7.10. The van der Waals surface area contributed by atoms with Crippen LogP contribution in [0.2, 0.25) is 0 Å². The van der Waals surface area contributed by atoms with Gasteiger partial charge in [0.2, 0.25) is 0 Å². The average molecular weight is 302 g/mol. The summed E-state index contributed by atoms with van der Waals surface area (Å²) in [5.41, 5.74) is 2.64. The fourth-order valence-corrected chi connectivity index (χ4v) is 3.11. The lowest BCUT2D eigenvalue weighted by Crippen LogP contribution is -2.40. The minimum Gasteiger partial charge on any atom is -0.392 e. The molecule has 1 atom stereocenters. The fraction of sp³-hybridized carbons (Fsp3) is 0.579. The topological polar surface area (TPSA) is 35.5 Å². The van der Waals surface area contributed by atoms with E-state index in [2.05, 4.69) is 53.5 Å². The molecule has 1 aliphatic rings. The zero-order chi connectivity index (χ0) is 15.8. The number of β-amino-alcohol motifs (C(OH)–C–C–N with tert-alkyl or cyclic N) is 1. The molecular formula is C19H30N2O. The first-order chi connectivity index (χ1) is 10.6. The Hall–Kier alpha value is -1.16. The molecule has 3 heteroatoms. The predicted octanol–water partition coefficient (Wildman–Crippen LogP) is 2.77. The summed E-state index contributed by atoms with van der Waals surface area (Å²) in [6.07, 6.45) is 4.51. The molecule has 22 heavy (non-hydrogen) atoms. The van der Waals surface area contributed by atoms with Crippen molar-refractivity contribution in [2.45, 2.75) is 32.8 Å². The van der Waals surface area contributed by atoms with Crippen molar-refractivity contribution in [2.75, 3.05) is 32.7 Å². The van der Waals surface area contributed by atoms with Gasteiger partial charge < -0.3 is 15.3 Å². The van der Waals surface area contributed by atoms with E-state index < -0.39 is 0 Å². The van der Waals surface area contributed by atoms with E-state index in [1.807, 2.05) is 6.92 Å². The Morgan fingerprint density at radius 1 is 1.32 bits per heavy atom. The zero-order valence-corrected chi connectivity index (χ0v) is 14.0. The minimum absolute atomic E-state index is 0.208. The monoisotopic (exact) mass is 302 g/mol. The first-order valence-corrected chi connectivity index (χ1v) is 8.47. The molecule has 0 aromatic heterocycles. The largest absolute Gasteiger partial charge is 0.392 e. The van der Waals surface area contributed by atoms with E-state index in [0.29, 0.717) is 0 Å². The summed E-state index contributed by atoms with van der Waals surface area (Å²) in [7, 11) is 0. The second-order valence-electron chi connectivity index (χ2n) is 6.63. The molecular weight excluding hydrogens is 272 g/mol. The Balaban J connectivity index is 1.64. The Bertz CT molecular complexity index is 448. The SMILES string of the molecule is C/C(=C/c1ccccc1)CNCC1CCN(C[C@H](C)O)CC1. The molecule has 1 fully saturated rings. The van der Waals surface area contributed by atoms with Gasteiger partial charge in [-0.25, -0.2) is 0 Å². The molecule has 0 aliphatic carbocycles. The van der Waals surface area contributed by atoms with Crippen molar-refractivity contribution in [3.8, 4) is 0 Å². The maximum absolute atomic E-state index is 9.43. The van der Waals surface area contributed by atoms with Gasteiger partial charge in [-0.3, -0.25) is 0 Å². The number of benzene rings is 1. The Morgan fingerprint density at radius 2 is 2.00 bits per heavy atom. The van der Waals surface area contributed by atoms with E-state index in [1.165, 1.54) is 24.0 Å². The summed E-state index contributed by atoms with van der Waals surface area (Å²) in [6, 6.07) is 10.5. The molecule has 3 nitrogen and oxygen atoms in total. The van der Waals surface area contributed by atoms with Crippen LogP contribution in [-0.2, 0) is 0 Å². The quantitative estimate of drug-likeness (QED) is 0.813. The lowest BCUT2D eigenvalue weighted by atomic mass is 9.96. The number of rotatable bonds is 7. The summed E-state index contributed by atoms with van der Waals surface area (Å²) < 4.78 is 0. The van der Waals surface area contributed by atoms with Gasteiger partial charge in [0.15, 0.2) is 0 Å². The second-order valence-corrected chi connectivity index (χ2v) is 6.63. The maximum atomic E-state index is 9.43. The van der Waals surface area contributed by atoms with Gasteiger partial charge in [-0.05, 0) is 57.8 Å². The predicted molar refractivity (Wildman–Crippen MR) is 93.8 cm³/mol. The molecule has 0 spiro atoms. The lowest BCUT2D eigenvalue weighted by Gasteiger charge is -2.32. The molecule has 0 unspecified atom stereocenters. The molecule has 122 valence electrons.